The van der Waals surface area contributed by atoms with Gasteiger partial charge in [-0.3, -0.25) is 4.79 Å². The molecule has 2 N–H and O–H groups in total. The van der Waals surface area contributed by atoms with E-state index in [0.29, 0.717) is 12.8 Å². The van der Waals surface area contributed by atoms with Gasteiger partial charge in [0.25, 0.3) is 0 Å². The van der Waals surface area contributed by atoms with E-state index in [1.807, 2.05) is 0 Å². The fraction of sp³-hybridized carbons (Fsp3) is 0.889. The molecule has 0 bridgehead atoms. The molecule has 0 amide bonds. The van der Waals surface area contributed by atoms with Crippen LogP contribution in [0.15, 0.2) is 0 Å². The van der Waals surface area contributed by atoms with E-state index in [-0.39, 0.29) is 6.42 Å². The standard InChI is InChI=1S/C9H17NO4S/c1-2-8(9(11)12)10-15(13,14)7-5-3-4-6-7/h7-8,10H,2-6H2,1H3,(H,11,12)/t8-/m1/s1. The predicted octanol–water partition coefficient (Wildman–Crippen LogP) is 0.712. The summed E-state index contributed by atoms with van der Waals surface area (Å²) in [5.74, 6) is -1.11. The quantitative estimate of drug-likeness (QED) is 0.735. The van der Waals surface area contributed by atoms with E-state index in [9.17, 15) is 13.2 Å². The first-order chi connectivity index (χ1) is 6.97. The Balaban J connectivity index is 2.65. The molecule has 0 spiro atoms. The van der Waals surface area contributed by atoms with Gasteiger partial charge in [0, 0.05) is 0 Å². The second-order valence-electron chi connectivity index (χ2n) is 3.87. The number of hydrogen-bond donors (Lipinski definition) is 2. The minimum absolute atomic E-state index is 0.265. The van der Waals surface area contributed by atoms with Crippen LogP contribution in [0.1, 0.15) is 39.0 Å². The van der Waals surface area contributed by atoms with Crippen LogP contribution in [0.25, 0.3) is 0 Å². The summed E-state index contributed by atoms with van der Waals surface area (Å²) < 4.78 is 25.7. The van der Waals surface area contributed by atoms with Crippen molar-refractivity contribution in [3.05, 3.63) is 0 Å². The van der Waals surface area contributed by atoms with Gasteiger partial charge in [-0.05, 0) is 19.3 Å². The third-order valence-corrected chi connectivity index (χ3v) is 4.72. The summed E-state index contributed by atoms with van der Waals surface area (Å²) in [6.45, 7) is 1.65. The Morgan fingerprint density at radius 3 is 2.40 bits per heavy atom. The number of nitrogens with one attached hydrogen (secondary N) is 1. The van der Waals surface area contributed by atoms with Crippen LogP contribution in [0.4, 0.5) is 0 Å². The Labute approximate surface area is 89.9 Å². The van der Waals surface area contributed by atoms with Crippen molar-refractivity contribution < 1.29 is 18.3 Å². The number of sulfonamides is 1. The molecule has 1 aliphatic carbocycles. The molecule has 0 aromatic carbocycles. The number of carbonyl (C=O) groups is 1. The minimum Gasteiger partial charge on any atom is -0.480 e. The van der Waals surface area contributed by atoms with Crippen LogP contribution < -0.4 is 4.72 Å². The second-order valence-corrected chi connectivity index (χ2v) is 5.86. The van der Waals surface area contributed by atoms with Gasteiger partial charge >= 0.3 is 5.97 Å². The monoisotopic (exact) mass is 235 g/mol. The van der Waals surface area contributed by atoms with Gasteiger partial charge < -0.3 is 5.11 Å². The summed E-state index contributed by atoms with van der Waals surface area (Å²) in [6.07, 6.45) is 3.38. The van der Waals surface area contributed by atoms with Crippen molar-refractivity contribution in [2.75, 3.05) is 0 Å². The molecule has 5 nitrogen and oxygen atoms in total. The zero-order chi connectivity index (χ0) is 11.5. The molecule has 1 saturated carbocycles. The van der Waals surface area contributed by atoms with E-state index in [0.717, 1.165) is 12.8 Å². The number of hydrogen-bond acceptors (Lipinski definition) is 3. The molecular formula is C9H17NO4S. The first kappa shape index (κ1) is 12.4. The van der Waals surface area contributed by atoms with Crippen molar-refractivity contribution in [2.45, 2.75) is 50.3 Å². The summed E-state index contributed by atoms with van der Waals surface area (Å²) in [5.41, 5.74) is 0. The fourth-order valence-electron chi connectivity index (χ4n) is 1.80. The van der Waals surface area contributed by atoms with Crippen LogP contribution in [0, 0.1) is 0 Å². The lowest BCUT2D eigenvalue weighted by atomic mass is 10.2. The molecule has 1 fully saturated rings. The van der Waals surface area contributed by atoms with E-state index in [2.05, 4.69) is 4.72 Å². The highest BCUT2D eigenvalue weighted by Gasteiger charge is 2.31. The lowest BCUT2D eigenvalue weighted by molar-refractivity contribution is -0.139. The third-order valence-electron chi connectivity index (χ3n) is 2.75. The number of aliphatic carboxylic acids is 1. The largest absolute Gasteiger partial charge is 0.480 e. The molecule has 0 heterocycles. The Hall–Kier alpha value is -0.620. The molecule has 88 valence electrons. The summed E-state index contributed by atoms with van der Waals surface area (Å²) in [7, 11) is -3.45. The topological polar surface area (TPSA) is 83.5 Å². The predicted molar refractivity (Wildman–Crippen MR) is 56.0 cm³/mol. The van der Waals surface area contributed by atoms with Crippen molar-refractivity contribution in [3.8, 4) is 0 Å². The lowest BCUT2D eigenvalue weighted by Gasteiger charge is -2.16. The van der Waals surface area contributed by atoms with E-state index in [4.69, 9.17) is 5.11 Å². The second kappa shape index (κ2) is 4.94. The van der Waals surface area contributed by atoms with E-state index >= 15 is 0 Å². The molecule has 0 aromatic heterocycles. The number of carboxylic acid groups (broad SMARTS) is 1. The van der Waals surface area contributed by atoms with Gasteiger partial charge in [-0.2, -0.15) is 0 Å². The Morgan fingerprint density at radius 1 is 1.47 bits per heavy atom. The van der Waals surface area contributed by atoms with Gasteiger partial charge in [0.2, 0.25) is 10.0 Å². The van der Waals surface area contributed by atoms with Crippen molar-refractivity contribution in [1.82, 2.24) is 4.72 Å². The summed E-state index contributed by atoms with van der Waals surface area (Å²) in [6, 6.07) is -0.990. The maximum absolute atomic E-state index is 11.7. The average Bonchev–Trinajstić information content (AvgIpc) is 2.67. The van der Waals surface area contributed by atoms with Crippen molar-refractivity contribution >= 4 is 16.0 Å². The van der Waals surface area contributed by atoms with Crippen LogP contribution in [0.3, 0.4) is 0 Å². The van der Waals surface area contributed by atoms with Gasteiger partial charge in [-0.1, -0.05) is 19.8 Å². The Morgan fingerprint density at radius 2 is 2.00 bits per heavy atom. The average molecular weight is 235 g/mol. The highest BCUT2D eigenvalue weighted by Crippen LogP contribution is 2.24. The molecular weight excluding hydrogens is 218 g/mol. The van der Waals surface area contributed by atoms with E-state index < -0.39 is 27.3 Å². The van der Waals surface area contributed by atoms with Gasteiger partial charge in [0.15, 0.2) is 0 Å². The van der Waals surface area contributed by atoms with Crippen molar-refractivity contribution in [1.29, 1.82) is 0 Å². The zero-order valence-electron chi connectivity index (χ0n) is 8.77. The molecule has 0 aliphatic heterocycles. The highest BCUT2D eigenvalue weighted by molar-refractivity contribution is 7.90. The molecule has 0 unspecified atom stereocenters. The normalized spacial score (nSPS) is 20.3. The first-order valence-corrected chi connectivity index (χ1v) is 6.76. The Bertz CT molecular complexity index is 319. The van der Waals surface area contributed by atoms with Crippen molar-refractivity contribution in [3.63, 3.8) is 0 Å². The third kappa shape index (κ3) is 3.17. The lowest BCUT2D eigenvalue weighted by Crippen LogP contribution is -2.44. The number of carboxylic acids is 1. The maximum Gasteiger partial charge on any atom is 0.321 e. The van der Waals surface area contributed by atoms with Crippen LogP contribution in [0.5, 0.6) is 0 Å². The van der Waals surface area contributed by atoms with Gasteiger partial charge in [0.1, 0.15) is 6.04 Å². The molecule has 1 atom stereocenters. The smallest absolute Gasteiger partial charge is 0.321 e. The van der Waals surface area contributed by atoms with Crippen LogP contribution in [-0.4, -0.2) is 30.8 Å². The van der Waals surface area contributed by atoms with Gasteiger partial charge in [0.05, 0.1) is 5.25 Å². The maximum atomic E-state index is 11.7. The molecule has 1 aliphatic rings. The van der Waals surface area contributed by atoms with Crippen LogP contribution in [0.2, 0.25) is 0 Å². The SMILES string of the molecule is CC[C@@H](NS(=O)(=O)C1CCCC1)C(=O)O. The van der Waals surface area contributed by atoms with Crippen LogP contribution in [-0.2, 0) is 14.8 Å². The molecule has 1 rings (SSSR count). The number of rotatable bonds is 5. The summed E-state index contributed by atoms with van der Waals surface area (Å²) in [5, 5.41) is 8.36. The van der Waals surface area contributed by atoms with Crippen molar-refractivity contribution in [2.24, 2.45) is 0 Å². The molecule has 15 heavy (non-hydrogen) atoms. The highest BCUT2D eigenvalue weighted by atomic mass is 32.2. The molecule has 6 heteroatoms. The van der Waals surface area contributed by atoms with Gasteiger partial charge in [-0.15, -0.1) is 0 Å². The van der Waals surface area contributed by atoms with E-state index in [1.54, 1.807) is 6.92 Å². The first-order valence-electron chi connectivity index (χ1n) is 5.21. The zero-order valence-corrected chi connectivity index (χ0v) is 9.59. The fourth-order valence-corrected chi connectivity index (χ4v) is 3.61. The van der Waals surface area contributed by atoms with Gasteiger partial charge in [-0.25, -0.2) is 13.1 Å². The summed E-state index contributed by atoms with van der Waals surface area (Å²) in [4.78, 5) is 10.7. The van der Waals surface area contributed by atoms with E-state index in [1.165, 1.54) is 0 Å². The molecule has 0 radical (unpaired) electrons. The van der Waals surface area contributed by atoms with Crippen LogP contribution >= 0.6 is 0 Å². The molecule has 0 aromatic rings. The Kier molecular flexibility index (Phi) is 4.10. The summed E-state index contributed by atoms with van der Waals surface area (Å²) >= 11 is 0. The molecule has 0 saturated heterocycles. The minimum atomic E-state index is -3.45.